The van der Waals surface area contributed by atoms with Gasteiger partial charge in [-0.1, -0.05) is 55.0 Å². The van der Waals surface area contributed by atoms with Crippen LogP contribution in [0.4, 0.5) is 5.82 Å². The number of hydrogen-bond donors (Lipinski definition) is 1. The quantitative estimate of drug-likeness (QED) is 0.428. The van der Waals surface area contributed by atoms with Gasteiger partial charge in [0.2, 0.25) is 5.91 Å². The summed E-state index contributed by atoms with van der Waals surface area (Å²) in [4.78, 5) is 20.0. The third kappa shape index (κ3) is 4.92. The number of carbonyl (C=O) groups is 1. The van der Waals surface area contributed by atoms with E-state index in [0.29, 0.717) is 13.1 Å². The second kappa shape index (κ2) is 9.90. The number of amides is 1. The van der Waals surface area contributed by atoms with Gasteiger partial charge in [-0.15, -0.1) is 0 Å². The number of piperidine rings is 1. The number of nitrogens with one attached hydrogen (secondary N) is 1. The SMILES string of the molecule is CCc1ccc(CNC(=O)[C@@H]2CCCN(c3nccn4nc(-c5ccc(C)cc5C)cc34)C2)cc1. The molecule has 0 aliphatic carbocycles. The molecule has 2 aromatic heterocycles. The highest BCUT2D eigenvalue weighted by atomic mass is 16.1. The van der Waals surface area contributed by atoms with Crippen molar-refractivity contribution >= 4 is 17.2 Å². The van der Waals surface area contributed by atoms with Crippen molar-refractivity contribution in [2.45, 2.75) is 46.6 Å². The number of rotatable bonds is 6. The van der Waals surface area contributed by atoms with Gasteiger partial charge in [0.05, 0.1) is 11.6 Å². The van der Waals surface area contributed by atoms with Gasteiger partial charge in [-0.3, -0.25) is 4.79 Å². The van der Waals surface area contributed by atoms with E-state index >= 15 is 0 Å². The molecule has 0 spiro atoms. The van der Waals surface area contributed by atoms with Crippen LogP contribution in [-0.2, 0) is 17.8 Å². The molecule has 1 saturated heterocycles. The topological polar surface area (TPSA) is 62.5 Å². The first kappa shape index (κ1) is 23.1. The molecule has 1 amide bonds. The van der Waals surface area contributed by atoms with Crippen molar-refractivity contribution in [3.63, 3.8) is 0 Å². The minimum absolute atomic E-state index is 0.0533. The van der Waals surface area contributed by atoms with Crippen molar-refractivity contribution < 1.29 is 4.79 Å². The molecule has 1 fully saturated rings. The fourth-order valence-electron chi connectivity index (χ4n) is 4.99. The summed E-state index contributed by atoms with van der Waals surface area (Å²) >= 11 is 0. The molecule has 6 nitrogen and oxygen atoms in total. The molecular weight excluding hydrogens is 434 g/mol. The van der Waals surface area contributed by atoms with Gasteiger partial charge in [-0.2, -0.15) is 5.10 Å². The third-order valence-electron chi connectivity index (χ3n) is 7.02. The van der Waals surface area contributed by atoms with Gasteiger partial charge >= 0.3 is 0 Å². The van der Waals surface area contributed by atoms with Gasteiger partial charge < -0.3 is 10.2 Å². The van der Waals surface area contributed by atoms with E-state index in [9.17, 15) is 4.79 Å². The van der Waals surface area contributed by atoms with Gasteiger partial charge in [0.25, 0.3) is 0 Å². The number of fused-ring (bicyclic) bond motifs is 1. The van der Waals surface area contributed by atoms with Crippen molar-refractivity contribution in [1.82, 2.24) is 19.9 Å². The van der Waals surface area contributed by atoms with Crippen LogP contribution in [0.1, 0.15) is 42.0 Å². The predicted octanol–water partition coefficient (Wildman–Crippen LogP) is 5.11. The highest BCUT2D eigenvalue weighted by Crippen LogP contribution is 2.30. The summed E-state index contributed by atoms with van der Waals surface area (Å²) in [5, 5.41) is 7.98. The van der Waals surface area contributed by atoms with E-state index < -0.39 is 0 Å². The molecule has 1 N–H and O–H groups in total. The molecule has 3 heterocycles. The molecule has 0 saturated carbocycles. The van der Waals surface area contributed by atoms with Gasteiger partial charge in [-0.05, 0) is 55.9 Å². The molecule has 0 bridgehead atoms. The van der Waals surface area contributed by atoms with Crippen molar-refractivity contribution in [3.05, 3.63) is 83.2 Å². The van der Waals surface area contributed by atoms with Gasteiger partial charge in [0.1, 0.15) is 5.52 Å². The number of hydrogen-bond acceptors (Lipinski definition) is 4. The van der Waals surface area contributed by atoms with Crippen LogP contribution in [0.2, 0.25) is 0 Å². The average molecular weight is 468 g/mol. The fraction of sp³-hybridized carbons (Fsp3) is 0.345. The number of anilines is 1. The lowest BCUT2D eigenvalue weighted by molar-refractivity contribution is -0.125. The molecule has 35 heavy (non-hydrogen) atoms. The molecule has 0 radical (unpaired) electrons. The van der Waals surface area contributed by atoms with Crippen molar-refractivity contribution in [3.8, 4) is 11.3 Å². The molecule has 6 heteroatoms. The van der Waals surface area contributed by atoms with E-state index in [4.69, 9.17) is 10.1 Å². The van der Waals surface area contributed by atoms with Gasteiger partial charge in [0, 0.05) is 37.6 Å². The van der Waals surface area contributed by atoms with Crippen molar-refractivity contribution in [1.29, 1.82) is 0 Å². The highest BCUT2D eigenvalue weighted by molar-refractivity contribution is 5.81. The second-order valence-electron chi connectivity index (χ2n) is 9.60. The molecule has 5 rings (SSSR count). The van der Waals surface area contributed by atoms with Gasteiger partial charge in [0.15, 0.2) is 5.82 Å². The van der Waals surface area contributed by atoms with E-state index in [1.54, 1.807) is 6.20 Å². The third-order valence-corrected chi connectivity index (χ3v) is 7.02. The highest BCUT2D eigenvalue weighted by Gasteiger charge is 2.27. The monoisotopic (exact) mass is 467 g/mol. The summed E-state index contributed by atoms with van der Waals surface area (Å²) in [6.07, 6.45) is 6.57. The normalized spacial score (nSPS) is 16.0. The molecule has 0 unspecified atom stereocenters. The number of benzene rings is 2. The molecule has 1 atom stereocenters. The van der Waals surface area contributed by atoms with Crippen molar-refractivity contribution in [2.24, 2.45) is 5.92 Å². The lowest BCUT2D eigenvalue weighted by atomic mass is 9.97. The van der Waals surface area contributed by atoms with Crippen LogP contribution in [-0.4, -0.2) is 33.6 Å². The zero-order valence-electron chi connectivity index (χ0n) is 20.8. The Bertz CT molecular complexity index is 1340. The van der Waals surface area contributed by atoms with E-state index in [-0.39, 0.29) is 11.8 Å². The molecule has 1 aliphatic heterocycles. The average Bonchev–Trinajstić information content (AvgIpc) is 3.31. The maximum Gasteiger partial charge on any atom is 0.225 e. The number of aromatic nitrogens is 3. The molecular formula is C29H33N5O. The molecule has 180 valence electrons. The standard InChI is InChI=1S/C29H33N5O/c1-4-22-8-10-23(11-9-22)18-31-29(35)24-6-5-14-33(19-24)28-27-17-26(32-34(27)15-13-30-28)25-12-7-20(2)16-21(25)3/h7-13,15-17,24H,4-6,14,18-19H2,1-3H3,(H,31,35)/t24-/m1/s1. The van der Waals surface area contributed by atoms with Crippen LogP contribution < -0.4 is 10.2 Å². The Balaban J connectivity index is 1.32. The predicted molar refractivity (Wildman–Crippen MR) is 141 cm³/mol. The minimum Gasteiger partial charge on any atom is -0.354 e. The Morgan fingerprint density at radius 3 is 2.66 bits per heavy atom. The lowest BCUT2D eigenvalue weighted by Crippen LogP contribution is -2.43. The summed E-state index contributed by atoms with van der Waals surface area (Å²) < 4.78 is 1.90. The zero-order chi connectivity index (χ0) is 24.4. The van der Waals surface area contributed by atoms with E-state index in [2.05, 4.69) is 79.5 Å². The number of aryl methyl sites for hydroxylation is 3. The number of carbonyl (C=O) groups excluding carboxylic acids is 1. The van der Waals surface area contributed by atoms with E-state index in [1.165, 1.54) is 16.7 Å². The van der Waals surface area contributed by atoms with Crippen LogP contribution in [0.15, 0.2) is 60.9 Å². The van der Waals surface area contributed by atoms with Gasteiger partial charge in [-0.25, -0.2) is 9.50 Å². The Labute approximate surface area is 207 Å². The summed E-state index contributed by atoms with van der Waals surface area (Å²) in [7, 11) is 0. The Kier molecular flexibility index (Phi) is 6.53. The number of nitrogens with zero attached hydrogens (tertiary/aromatic N) is 4. The Morgan fingerprint density at radius 1 is 1.09 bits per heavy atom. The first-order valence-corrected chi connectivity index (χ1v) is 12.5. The summed E-state index contributed by atoms with van der Waals surface area (Å²) in [5.74, 6) is 0.955. The Morgan fingerprint density at radius 2 is 1.89 bits per heavy atom. The van der Waals surface area contributed by atoms with Crippen molar-refractivity contribution in [2.75, 3.05) is 18.0 Å². The minimum atomic E-state index is -0.0533. The maximum absolute atomic E-state index is 13.0. The van der Waals surface area contributed by atoms with Crippen LogP contribution in [0.25, 0.3) is 16.8 Å². The maximum atomic E-state index is 13.0. The summed E-state index contributed by atoms with van der Waals surface area (Å²) in [6, 6.07) is 17.0. The van der Waals surface area contributed by atoms with E-state index in [0.717, 1.165) is 54.0 Å². The fourth-order valence-corrected chi connectivity index (χ4v) is 4.99. The van der Waals surface area contributed by atoms with Crippen LogP contribution in [0, 0.1) is 19.8 Å². The summed E-state index contributed by atoms with van der Waals surface area (Å²) in [6.45, 7) is 8.49. The smallest absolute Gasteiger partial charge is 0.225 e. The molecule has 2 aromatic carbocycles. The Hall–Kier alpha value is -3.67. The van der Waals surface area contributed by atoms with Crippen LogP contribution >= 0.6 is 0 Å². The molecule has 4 aromatic rings. The lowest BCUT2D eigenvalue weighted by Gasteiger charge is -2.33. The van der Waals surface area contributed by atoms with Crippen LogP contribution in [0.5, 0.6) is 0 Å². The largest absolute Gasteiger partial charge is 0.354 e. The second-order valence-corrected chi connectivity index (χ2v) is 9.60. The first-order valence-electron chi connectivity index (χ1n) is 12.5. The zero-order valence-corrected chi connectivity index (χ0v) is 20.8. The molecule has 1 aliphatic rings. The first-order chi connectivity index (χ1) is 17.0. The van der Waals surface area contributed by atoms with E-state index in [1.807, 2.05) is 10.7 Å². The summed E-state index contributed by atoms with van der Waals surface area (Å²) in [5.41, 5.74) is 7.94. The van der Waals surface area contributed by atoms with Crippen LogP contribution in [0.3, 0.4) is 0 Å².